The predicted octanol–water partition coefficient (Wildman–Crippen LogP) is 5.12. The first kappa shape index (κ1) is 38.8. The number of hydrogen-bond acceptors (Lipinski definition) is 8. The summed E-state index contributed by atoms with van der Waals surface area (Å²) < 4.78 is 49.1. The molecule has 1 aliphatic carbocycles. The van der Waals surface area contributed by atoms with Crippen molar-refractivity contribution in [3.63, 3.8) is 0 Å². The number of methoxy groups -OCH3 is 1. The number of ether oxygens (including phenoxy) is 1. The maximum absolute atomic E-state index is 15.0. The standard InChI is InChI=1S/C42H53FN6O5S/c1-3-6-40(50)48-22-17-37(18-23-48)55(52,53)36-13-11-35(12-14-36)49-27-31(28-49)26-46-20-15-32(16-21-46)42(29-47-24-19-44-30-47,33-7-4-8-34(43)25-33)38-9-5-10-39(38)45-41(51)54-2/h4,7-8,11-14,19,24-25,30-32,37-39H,5,9-10,15-18,20-23,26-29H2,1-2H3,(H,45,51)/t38-,39-,42-/m0/s1. The minimum Gasteiger partial charge on any atom is -0.453 e. The lowest BCUT2D eigenvalue weighted by molar-refractivity contribution is -0.125. The number of nitrogens with zero attached hydrogens (tertiary/aromatic N) is 5. The average Bonchev–Trinajstić information content (AvgIpc) is 3.88. The molecule has 4 fully saturated rings. The van der Waals surface area contributed by atoms with Crippen molar-refractivity contribution in [3.05, 3.63) is 78.6 Å². The Labute approximate surface area is 324 Å². The van der Waals surface area contributed by atoms with Gasteiger partial charge in [0.25, 0.3) is 5.91 Å². The molecular weight excluding hydrogens is 720 g/mol. The first-order valence-corrected chi connectivity index (χ1v) is 21.2. The number of carbonyl (C=O) groups excluding carboxylic acids is 2. The Morgan fingerprint density at radius 1 is 1.00 bits per heavy atom. The monoisotopic (exact) mass is 772 g/mol. The van der Waals surface area contributed by atoms with Crippen molar-refractivity contribution in [1.82, 2.24) is 24.7 Å². The number of likely N-dealkylation sites (tertiary alicyclic amines) is 2. The molecule has 7 rings (SSSR count). The number of benzene rings is 2. The number of piperidine rings is 2. The van der Waals surface area contributed by atoms with Crippen molar-refractivity contribution in [2.45, 2.75) is 80.0 Å². The van der Waals surface area contributed by atoms with Gasteiger partial charge in [0, 0.05) is 74.7 Å². The SMILES string of the molecule is CC#CC(=O)N1CCC(S(=O)(=O)c2ccc(N3CC(CN4CCC([C@@](Cn5ccnc5)(c5cccc(F)c5)[C@H]5CCC[C@@H]5NC(=O)OC)CC4)C3)cc2)CC1. The number of halogens is 1. The number of alkyl carbamates (subject to hydrolysis) is 1. The van der Waals surface area contributed by atoms with E-state index in [1.807, 2.05) is 30.7 Å². The lowest BCUT2D eigenvalue weighted by atomic mass is 9.58. The van der Waals surface area contributed by atoms with E-state index in [4.69, 9.17) is 4.74 Å². The average molecular weight is 773 g/mol. The van der Waals surface area contributed by atoms with E-state index in [-0.39, 0.29) is 29.6 Å². The molecule has 0 radical (unpaired) electrons. The number of nitrogens with one attached hydrogen (secondary N) is 1. The number of hydrogen-bond donors (Lipinski definition) is 1. The Morgan fingerprint density at radius 3 is 2.40 bits per heavy atom. The Bertz CT molecular complexity index is 1960. The third kappa shape index (κ3) is 8.26. The van der Waals surface area contributed by atoms with Crippen molar-refractivity contribution in [2.75, 3.05) is 57.8 Å². The minimum absolute atomic E-state index is 0.0800. The van der Waals surface area contributed by atoms with Crippen LogP contribution < -0.4 is 10.2 Å². The van der Waals surface area contributed by atoms with Crippen molar-refractivity contribution in [3.8, 4) is 11.8 Å². The van der Waals surface area contributed by atoms with Crippen LogP contribution in [0, 0.1) is 35.4 Å². The maximum atomic E-state index is 15.0. The van der Waals surface area contributed by atoms with Crippen molar-refractivity contribution < 1.29 is 27.1 Å². The van der Waals surface area contributed by atoms with E-state index in [0.29, 0.717) is 43.3 Å². The summed E-state index contributed by atoms with van der Waals surface area (Å²) >= 11 is 0. The van der Waals surface area contributed by atoms with Crippen molar-refractivity contribution >= 4 is 27.5 Å². The molecule has 1 saturated carbocycles. The number of anilines is 1. The van der Waals surface area contributed by atoms with Gasteiger partial charge in [-0.25, -0.2) is 22.6 Å². The van der Waals surface area contributed by atoms with Crippen LogP contribution in [0.15, 0.2) is 72.1 Å². The smallest absolute Gasteiger partial charge is 0.407 e. The van der Waals surface area contributed by atoms with E-state index in [2.05, 4.69) is 42.6 Å². The van der Waals surface area contributed by atoms with E-state index < -0.39 is 26.6 Å². The molecule has 1 N–H and O–H groups in total. The van der Waals surface area contributed by atoms with Crippen LogP contribution in [0.25, 0.3) is 0 Å². The molecule has 3 saturated heterocycles. The minimum atomic E-state index is -3.50. The molecule has 3 aromatic rings. The topological polar surface area (TPSA) is 117 Å². The fraction of sp³-hybridized carbons (Fsp3) is 0.548. The van der Waals surface area contributed by atoms with E-state index in [1.165, 1.54) is 13.2 Å². The zero-order valence-electron chi connectivity index (χ0n) is 31.9. The number of carbonyl (C=O) groups is 2. The highest BCUT2D eigenvalue weighted by Gasteiger charge is 2.52. The highest BCUT2D eigenvalue weighted by Crippen LogP contribution is 2.52. The summed E-state index contributed by atoms with van der Waals surface area (Å²) in [5, 5.41) is 2.64. The van der Waals surface area contributed by atoms with Crippen molar-refractivity contribution in [2.24, 2.45) is 17.8 Å². The third-order valence-corrected chi connectivity index (χ3v) is 15.0. The van der Waals surface area contributed by atoms with Gasteiger partial charge in [-0.15, -0.1) is 0 Å². The lowest BCUT2D eigenvalue weighted by Gasteiger charge is -2.51. The van der Waals surface area contributed by atoms with Crippen LogP contribution in [0.1, 0.15) is 57.4 Å². The largest absolute Gasteiger partial charge is 0.453 e. The molecule has 0 spiro atoms. The van der Waals surface area contributed by atoms with Gasteiger partial charge in [-0.1, -0.05) is 24.5 Å². The normalized spacial score (nSPS) is 22.7. The van der Waals surface area contributed by atoms with Crippen LogP contribution in [-0.2, 0) is 31.3 Å². The molecular formula is C42H53FN6O5S. The quantitative estimate of drug-likeness (QED) is 0.267. The molecule has 4 heterocycles. The molecule has 3 atom stereocenters. The molecule has 294 valence electrons. The molecule has 2 amide bonds. The summed E-state index contributed by atoms with van der Waals surface area (Å²) in [6.45, 7) is 7.77. The number of amides is 2. The molecule has 0 unspecified atom stereocenters. The summed E-state index contributed by atoms with van der Waals surface area (Å²) in [6.07, 6.45) is 10.7. The Kier molecular flexibility index (Phi) is 11.8. The number of sulfone groups is 1. The second-order valence-electron chi connectivity index (χ2n) is 15.8. The summed E-state index contributed by atoms with van der Waals surface area (Å²) in [7, 11) is -2.10. The van der Waals surface area contributed by atoms with Crippen LogP contribution in [0.3, 0.4) is 0 Å². The van der Waals surface area contributed by atoms with Gasteiger partial charge in [-0.2, -0.15) is 0 Å². The van der Waals surface area contributed by atoms with Gasteiger partial charge in [-0.05, 0) is 118 Å². The summed E-state index contributed by atoms with van der Waals surface area (Å²) in [5.74, 6) is 5.54. The van der Waals surface area contributed by atoms with Crippen LogP contribution in [0.2, 0.25) is 0 Å². The van der Waals surface area contributed by atoms with Gasteiger partial charge >= 0.3 is 6.09 Å². The van der Waals surface area contributed by atoms with Crippen LogP contribution in [-0.4, -0.2) is 104 Å². The third-order valence-electron chi connectivity index (χ3n) is 12.8. The first-order valence-electron chi connectivity index (χ1n) is 19.7. The molecule has 1 aromatic heterocycles. The van der Waals surface area contributed by atoms with E-state index in [9.17, 15) is 18.0 Å². The van der Waals surface area contributed by atoms with Crippen molar-refractivity contribution in [1.29, 1.82) is 0 Å². The summed E-state index contributed by atoms with van der Waals surface area (Å²) in [6, 6.07) is 14.3. The summed E-state index contributed by atoms with van der Waals surface area (Å²) in [5.41, 5.74) is 1.58. The number of imidazole rings is 1. The molecule has 2 aromatic carbocycles. The van der Waals surface area contributed by atoms with Crippen LogP contribution >= 0.6 is 0 Å². The zero-order valence-corrected chi connectivity index (χ0v) is 32.7. The molecule has 13 heteroatoms. The Morgan fingerprint density at radius 2 is 1.75 bits per heavy atom. The van der Waals surface area contributed by atoms with Gasteiger partial charge in [0.1, 0.15) is 5.82 Å². The second kappa shape index (κ2) is 16.8. The van der Waals surface area contributed by atoms with Gasteiger partial charge in [-0.3, -0.25) is 4.79 Å². The second-order valence-corrected chi connectivity index (χ2v) is 18.0. The molecule has 3 aliphatic heterocycles. The summed E-state index contributed by atoms with van der Waals surface area (Å²) in [4.78, 5) is 35.8. The van der Waals surface area contributed by atoms with Gasteiger partial charge in [0.05, 0.1) is 23.6 Å². The van der Waals surface area contributed by atoms with Crippen LogP contribution in [0.5, 0.6) is 0 Å². The van der Waals surface area contributed by atoms with E-state index >= 15 is 4.39 Å². The molecule has 0 bridgehead atoms. The molecule has 4 aliphatic rings. The number of rotatable bonds is 11. The van der Waals surface area contributed by atoms with Gasteiger partial charge in [0.15, 0.2) is 9.84 Å². The Balaban J connectivity index is 0.979. The van der Waals surface area contributed by atoms with Crippen LogP contribution in [0.4, 0.5) is 14.9 Å². The highest BCUT2D eigenvalue weighted by molar-refractivity contribution is 7.92. The van der Waals surface area contributed by atoms with Gasteiger partial charge in [0.2, 0.25) is 0 Å². The predicted molar refractivity (Wildman–Crippen MR) is 209 cm³/mol. The van der Waals surface area contributed by atoms with E-state index in [0.717, 1.165) is 76.1 Å². The lowest BCUT2D eigenvalue weighted by Crippen LogP contribution is -2.56. The molecule has 11 nitrogen and oxygen atoms in total. The fourth-order valence-electron chi connectivity index (χ4n) is 10.00. The maximum Gasteiger partial charge on any atom is 0.407 e. The number of aromatic nitrogens is 2. The first-order chi connectivity index (χ1) is 26.6. The van der Waals surface area contributed by atoms with E-state index in [1.54, 1.807) is 36.2 Å². The Hall–Kier alpha value is -4.41. The van der Waals surface area contributed by atoms with Gasteiger partial charge < -0.3 is 29.3 Å². The fourth-order valence-corrected chi connectivity index (χ4v) is 11.7. The molecule has 55 heavy (non-hydrogen) atoms. The zero-order chi connectivity index (χ0) is 38.6. The highest BCUT2D eigenvalue weighted by atomic mass is 32.2.